The summed E-state index contributed by atoms with van der Waals surface area (Å²) in [7, 11) is 0. The number of hydrogen-bond donors (Lipinski definition) is 0. The molecule has 0 unspecified atom stereocenters. The van der Waals surface area contributed by atoms with Crippen LogP contribution in [0.4, 0.5) is 4.39 Å². The minimum atomic E-state index is -0.535. The summed E-state index contributed by atoms with van der Waals surface area (Å²) >= 11 is 13.2. The molecule has 3 aromatic rings. The standard InChI is InChI=1S/C17H11Cl2FN2OS/c1-2-8-22-15-13(20)4-3-5-14(15)24-17(22)21-16(23)11-9-10(18)6-7-12(11)19/h2-7,9H,1,8H2. The van der Waals surface area contributed by atoms with Crippen molar-refractivity contribution in [3.63, 3.8) is 0 Å². The van der Waals surface area contributed by atoms with Gasteiger partial charge in [0.15, 0.2) is 4.80 Å². The molecule has 122 valence electrons. The molecule has 3 nitrogen and oxygen atoms in total. The van der Waals surface area contributed by atoms with E-state index < -0.39 is 5.91 Å². The van der Waals surface area contributed by atoms with Crippen molar-refractivity contribution in [2.75, 3.05) is 0 Å². The number of aromatic nitrogens is 1. The smallest absolute Gasteiger partial charge is 0.281 e. The fraction of sp³-hybridized carbons (Fsp3) is 0.0588. The van der Waals surface area contributed by atoms with Crippen molar-refractivity contribution in [2.45, 2.75) is 6.54 Å². The lowest BCUT2D eigenvalue weighted by Crippen LogP contribution is -2.17. The lowest BCUT2D eigenvalue weighted by atomic mass is 10.2. The van der Waals surface area contributed by atoms with Gasteiger partial charge in [-0.25, -0.2) is 4.39 Å². The van der Waals surface area contributed by atoms with E-state index >= 15 is 0 Å². The highest BCUT2D eigenvalue weighted by Crippen LogP contribution is 2.23. The van der Waals surface area contributed by atoms with Crippen LogP contribution >= 0.6 is 34.5 Å². The summed E-state index contributed by atoms with van der Waals surface area (Å²) in [6.07, 6.45) is 1.62. The third-order valence-electron chi connectivity index (χ3n) is 3.32. The molecular formula is C17H11Cl2FN2OS. The first-order valence-electron chi connectivity index (χ1n) is 6.94. The van der Waals surface area contributed by atoms with Gasteiger partial charge in [-0.15, -0.1) is 6.58 Å². The van der Waals surface area contributed by atoms with Crippen molar-refractivity contribution in [2.24, 2.45) is 4.99 Å². The maximum Gasteiger partial charge on any atom is 0.281 e. The van der Waals surface area contributed by atoms with Gasteiger partial charge in [-0.1, -0.05) is 46.7 Å². The highest BCUT2D eigenvalue weighted by atomic mass is 35.5. The molecule has 3 rings (SSSR count). The van der Waals surface area contributed by atoms with Crippen LogP contribution in [0.15, 0.2) is 54.0 Å². The van der Waals surface area contributed by atoms with E-state index in [0.717, 1.165) is 0 Å². The zero-order chi connectivity index (χ0) is 17.3. The van der Waals surface area contributed by atoms with Crippen molar-refractivity contribution in [1.82, 2.24) is 4.57 Å². The number of nitrogens with zero attached hydrogens (tertiary/aromatic N) is 2. The van der Waals surface area contributed by atoms with Gasteiger partial charge in [0.05, 0.1) is 20.8 Å². The van der Waals surface area contributed by atoms with Crippen LogP contribution in [-0.4, -0.2) is 10.5 Å². The zero-order valence-corrected chi connectivity index (χ0v) is 14.6. The number of fused-ring (bicyclic) bond motifs is 1. The molecular weight excluding hydrogens is 370 g/mol. The number of halogens is 3. The van der Waals surface area contributed by atoms with Gasteiger partial charge in [-0.3, -0.25) is 4.79 Å². The van der Waals surface area contributed by atoms with Gasteiger partial charge in [0.1, 0.15) is 5.82 Å². The molecule has 1 heterocycles. The molecule has 2 aromatic carbocycles. The average molecular weight is 381 g/mol. The molecule has 1 amide bonds. The Morgan fingerprint density at radius 2 is 2.12 bits per heavy atom. The predicted molar refractivity (Wildman–Crippen MR) is 96.3 cm³/mol. The van der Waals surface area contributed by atoms with Gasteiger partial charge in [0, 0.05) is 11.6 Å². The zero-order valence-electron chi connectivity index (χ0n) is 12.3. The molecule has 0 aliphatic carbocycles. The summed E-state index contributed by atoms with van der Waals surface area (Å²) in [5.74, 6) is -0.910. The summed E-state index contributed by atoms with van der Waals surface area (Å²) in [5.41, 5.74) is 0.596. The molecule has 7 heteroatoms. The van der Waals surface area contributed by atoms with E-state index in [-0.39, 0.29) is 16.4 Å². The molecule has 0 N–H and O–H groups in total. The van der Waals surface area contributed by atoms with Gasteiger partial charge < -0.3 is 4.57 Å². The first-order valence-corrected chi connectivity index (χ1v) is 8.51. The maximum atomic E-state index is 14.1. The summed E-state index contributed by atoms with van der Waals surface area (Å²) in [6.45, 7) is 4.00. The number of carbonyl (C=O) groups is 1. The molecule has 0 saturated carbocycles. The number of allylic oxidation sites excluding steroid dienone is 1. The number of benzene rings is 2. The molecule has 0 radical (unpaired) electrons. The first-order chi connectivity index (χ1) is 11.5. The SMILES string of the molecule is C=CCn1c(=NC(=O)c2cc(Cl)ccc2Cl)sc2cccc(F)c21. The molecule has 1 aromatic heterocycles. The lowest BCUT2D eigenvalue weighted by molar-refractivity contribution is 0.0998. The Bertz CT molecular complexity index is 1020. The van der Waals surface area contributed by atoms with Crippen molar-refractivity contribution in [1.29, 1.82) is 0 Å². The number of thiazole rings is 1. The fourth-order valence-corrected chi connectivity index (χ4v) is 3.70. The van der Waals surface area contributed by atoms with Gasteiger partial charge in [0.2, 0.25) is 0 Å². The Morgan fingerprint density at radius 3 is 2.88 bits per heavy atom. The second-order valence-corrected chi connectivity index (χ2v) is 6.76. The van der Waals surface area contributed by atoms with Crippen LogP contribution in [0.2, 0.25) is 10.0 Å². The fourth-order valence-electron chi connectivity index (χ4n) is 2.28. The molecule has 24 heavy (non-hydrogen) atoms. The number of amides is 1. The van der Waals surface area contributed by atoms with Crippen LogP contribution in [0, 0.1) is 5.82 Å². The van der Waals surface area contributed by atoms with Crippen LogP contribution in [0.5, 0.6) is 0 Å². The molecule has 0 aliphatic rings. The lowest BCUT2D eigenvalue weighted by Gasteiger charge is -2.02. The Balaban J connectivity index is 2.21. The average Bonchev–Trinajstić information content (AvgIpc) is 2.89. The minimum Gasteiger partial charge on any atom is -0.310 e. The number of rotatable bonds is 3. The summed E-state index contributed by atoms with van der Waals surface area (Å²) in [4.78, 5) is 17.0. The van der Waals surface area contributed by atoms with E-state index in [9.17, 15) is 9.18 Å². The van der Waals surface area contributed by atoms with E-state index in [1.165, 1.54) is 29.5 Å². The highest BCUT2D eigenvalue weighted by molar-refractivity contribution is 7.16. The molecule has 0 fully saturated rings. The van der Waals surface area contributed by atoms with E-state index in [4.69, 9.17) is 23.2 Å². The molecule has 0 aliphatic heterocycles. The predicted octanol–water partition coefficient (Wildman–Crippen LogP) is 5.08. The van der Waals surface area contributed by atoms with Gasteiger partial charge in [-0.2, -0.15) is 4.99 Å². The van der Waals surface area contributed by atoms with Crippen molar-refractivity contribution < 1.29 is 9.18 Å². The number of carbonyl (C=O) groups excluding carboxylic acids is 1. The van der Waals surface area contributed by atoms with E-state index in [1.807, 2.05) is 0 Å². The highest BCUT2D eigenvalue weighted by Gasteiger charge is 2.13. The first kappa shape index (κ1) is 16.9. The van der Waals surface area contributed by atoms with E-state index in [0.29, 0.717) is 26.6 Å². The molecule has 0 spiro atoms. The van der Waals surface area contributed by atoms with Crippen molar-refractivity contribution >= 4 is 50.7 Å². The van der Waals surface area contributed by atoms with Crippen LogP contribution in [-0.2, 0) is 6.54 Å². The number of hydrogen-bond acceptors (Lipinski definition) is 2. The third kappa shape index (κ3) is 3.15. The summed E-state index contributed by atoms with van der Waals surface area (Å²) in [5, 5.41) is 0.648. The Labute approximate surface area is 151 Å². The summed E-state index contributed by atoms with van der Waals surface area (Å²) in [6, 6.07) is 9.35. The Hall–Kier alpha value is -1.95. The van der Waals surface area contributed by atoms with Crippen molar-refractivity contribution in [3.05, 3.63) is 75.3 Å². The minimum absolute atomic E-state index is 0.201. The second-order valence-electron chi connectivity index (χ2n) is 4.91. The largest absolute Gasteiger partial charge is 0.310 e. The van der Waals surface area contributed by atoms with Gasteiger partial charge in [-0.05, 0) is 30.3 Å². The molecule has 0 atom stereocenters. The monoisotopic (exact) mass is 380 g/mol. The van der Waals surface area contributed by atoms with E-state index in [1.54, 1.807) is 28.8 Å². The van der Waals surface area contributed by atoms with Gasteiger partial charge in [0.25, 0.3) is 5.91 Å². The maximum absolute atomic E-state index is 14.1. The third-order valence-corrected chi connectivity index (χ3v) is 4.93. The van der Waals surface area contributed by atoms with Crippen LogP contribution < -0.4 is 4.80 Å². The molecule has 0 saturated heterocycles. The molecule has 0 bridgehead atoms. The quantitative estimate of drug-likeness (QED) is 0.583. The summed E-state index contributed by atoms with van der Waals surface area (Å²) < 4.78 is 16.5. The van der Waals surface area contributed by atoms with Crippen LogP contribution in [0.3, 0.4) is 0 Å². The number of para-hydroxylation sites is 1. The van der Waals surface area contributed by atoms with Gasteiger partial charge >= 0.3 is 0 Å². The Kier molecular flexibility index (Phi) is 4.85. The second kappa shape index (κ2) is 6.89. The Morgan fingerprint density at radius 1 is 1.33 bits per heavy atom. The van der Waals surface area contributed by atoms with Crippen LogP contribution in [0.25, 0.3) is 10.2 Å². The van der Waals surface area contributed by atoms with Crippen molar-refractivity contribution in [3.8, 4) is 0 Å². The van der Waals surface area contributed by atoms with Crippen LogP contribution in [0.1, 0.15) is 10.4 Å². The topological polar surface area (TPSA) is 34.4 Å². The van der Waals surface area contributed by atoms with E-state index in [2.05, 4.69) is 11.6 Å². The normalized spacial score (nSPS) is 11.9.